The van der Waals surface area contributed by atoms with Crippen LogP contribution in [0, 0.1) is 11.7 Å². The molecule has 0 aromatic heterocycles. The Morgan fingerprint density at radius 2 is 1.93 bits per heavy atom. The van der Waals surface area contributed by atoms with E-state index < -0.39 is 48.0 Å². The molecule has 1 aromatic carbocycles. The van der Waals surface area contributed by atoms with Gasteiger partial charge >= 0.3 is 18.2 Å². The van der Waals surface area contributed by atoms with Crippen molar-refractivity contribution in [2.75, 3.05) is 20.3 Å². The second-order valence-electron chi connectivity index (χ2n) is 7.00. The number of rotatable bonds is 6. The number of alkyl halides is 3. The Morgan fingerprint density at radius 3 is 2.50 bits per heavy atom. The van der Waals surface area contributed by atoms with Crippen LogP contribution in [-0.2, 0) is 31.7 Å². The Bertz CT molecular complexity index is 796. The van der Waals surface area contributed by atoms with E-state index in [-0.39, 0.29) is 37.3 Å². The SMILES string of the molecule is CCOC(=O)CC(=O)[C@@H]1CCN(C(=O)OC)[C@H](Cc2ccc(C(F)(F)F)c(F)c2)C1. The van der Waals surface area contributed by atoms with Gasteiger partial charge in [0.2, 0.25) is 0 Å². The first-order valence-electron chi connectivity index (χ1n) is 9.45. The normalized spacial score (nSPS) is 19.3. The van der Waals surface area contributed by atoms with Gasteiger partial charge in [-0.15, -0.1) is 0 Å². The highest BCUT2D eigenvalue weighted by Crippen LogP contribution is 2.33. The number of carbonyl (C=O) groups excluding carboxylic acids is 3. The maximum atomic E-state index is 13.9. The summed E-state index contributed by atoms with van der Waals surface area (Å²) in [4.78, 5) is 37.4. The summed E-state index contributed by atoms with van der Waals surface area (Å²) in [6.45, 7) is 1.94. The minimum atomic E-state index is -4.81. The quantitative estimate of drug-likeness (QED) is 0.388. The number of hydrogen-bond acceptors (Lipinski definition) is 5. The van der Waals surface area contributed by atoms with Gasteiger partial charge in [0.05, 0.1) is 19.3 Å². The average Bonchev–Trinajstić information content (AvgIpc) is 2.66. The Balaban J connectivity index is 2.18. The lowest BCUT2D eigenvalue weighted by Gasteiger charge is -2.38. The van der Waals surface area contributed by atoms with Gasteiger partial charge in [-0.3, -0.25) is 9.59 Å². The summed E-state index contributed by atoms with van der Waals surface area (Å²) in [6.07, 6.45) is -5.33. The van der Waals surface area contributed by atoms with Crippen molar-refractivity contribution in [1.29, 1.82) is 0 Å². The molecule has 1 saturated heterocycles. The number of methoxy groups -OCH3 is 1. The van der Waals surface area contributed by atoms with Crippen molar-refractivity contribution in [3.05, 3.63) is 35.1 Å². The van der Waals surface area contributed by atoms with Crippen LogP contribution in [0.1, 0.15) is 37.3 Å². The fourth-order valence-electron chi connectivity index (χ4n) is 3.58. The molecule has 0 aliphatic carbocycles. The molecule has 0 unspecified atom stereocenters. The van der Waals surface area contributed by atoms with E-state index in [0.717, 1.165) is 12.1 Å². The van der Waals surface area contributed by atoms with E-state index >= 15 is 0 Å². The van der Waals surface area contributed by atoms with E-state index in [9.17, 15) is 31.9 Å². The number of carbonyl (C=O) groups is 3. The van der Waals surface area contributed by atoms with Gasteiger partial charge in [-0.05, 0) is 43.9 Å². The molecule has 2 rings (SSSR count). The summed E-state index contributed by atoms with van der Waals surface area (Å²) in [6, 6.07) is 1.98. The fourth-order valence-corrected chi connectivity index (χ4v) is 3.58. The van der Waals surface area contributed by atoms with Crippen LogP contribution in [0.2, 0.25) is 0 Å². The molecule has 1 fully saturated rings. The number of nitrogens with zero attached hydrogens (tertiary/aromatic N) is 1. The van der Waals surface area contributed by atoms with Gasteiger partial charge in [0.15, 0.2) is 0 Å². The van der Waals surface area contributed by atoms with Crippen LogP contribution in [0.5, 0.6) is 0 Å². The Morgan fingerprint density at radius 1 is 1.23 bits per heavy atom. The second-order valence-corrected chi connectivity index (χ2v) is 7.00. The lowest BCUT2D eigenvalue weighted by atomic mass is 9.84. The number of hydrogen-bond donors (Lipinski definition) is 0. The van der Waals surface area contributed by atoms with E-state index in [1.807, 2.05) is 0 Å². The van der Waals surface area contributed by atoms with E-state index in [4.69, 9.17) is 9.47 Å². The largest absolute Gasteiger partial charge is 0.466 e. The second kappa shape index (κ2) is 9.90. The molecule has 6 nitrogen and oxygen atoms in total. The first kappa shape index (κ1) is 23.6. The summed E-state index contributed by atoms with van der Waals surface area (Å²) in [7, 11) is 1.19. The molecule has 0 radical (unpaired) electrons. The summed E-state index contributed by atoms with van der Waals surface area (Å²) in [5, 5.41) is 0. The molecule has 0 bridgehead atoms. The Hall–Kier alpha value is -2.65. The Labute approximate surface area is 171 Å². The van der Waals surface area contributed by atoms with Crippen LogP contribution in [0.25, 0.3) is 0 Å². The number of piperidine rings is 1. The maximum absolute atomic E-state index is 13.9. The van der Waals surface area contributed by atoms with E-state index in [1.165, 1.54) is 12.0 Å². The minimum absolute atomic E-state index is 0.0351. The number of halogens is 4. The number of Topliss-reactive ketones (excluding diaryl/α,β-unsaturated/α-hetero) is 1. The molecule has 0 saturated carbocycles. The van der Waals surface area contributed by atoms with Gasteiger partial charge in [0.25, 0.3) is 0 Å². The van der Waals surface area contributed by atoms with Crippen molar-refractivity contribution in [1.82, 2.24) is 4.90 Å². The van der Waals surface area contributed by atoms with Crippen molar-refractivity contribution < 1.29 is 41.4 Å². The summed E-state index contributed by atoms with van der Waals surface area (Å²) in [5.41, 5.74) is -1.12. The molecular formula is C20H23F4NO5. The highest BCUT2D eigenvalue weighted by atomic mass is 19.4. The first-order chi connectivity index (χ1) is 14.1. The lowest BCUT2D eigenvalue weighted by Crippen LogP contribution is -2.48. The first-order valence-corrected chi connectivity index (χ1v) is 9.45. The predicted octanol–water partition coefficient (Wildman–Crippen LogP) is 3.76. The summed E-state index contributed by atoms with van der Waals surface area (Å²) >= 11 is 0. The van der Waals surface area contributed by atoms with E-state index in [2.05, 4.69) is 0 Å². The van der Waals surface area contributed by atoms with Gasteiger partial charge in [-0.1, -0.05) is 6.07 Å². The van der Waals surface area contributed by atoms with Gasteiger partial charge in [0, 0.05) is 18.5 Å². The third kappa shape index (κ3) is 5.93. The zero-order valence-electron chi connectivity index (χ0n) is 16.6. The molecule has 30 heavy (non-hydrogen) atoms. The number of amides is 1. The number of ketones is 1. The zero-order valence-corrected chi connectivity index (χ0v) is 16.6. The molecule has 1 heterocycles. The van der Waals surface area contributed by atoms with Crippen molar-refractivity contribution in [3.8, 4) is 0 Å². The van der Waals surface area contributed by atoms with Crippen LogP contribution in [0.15, 0.2) is 18.2 Å². The highest BCUT2D eigenvalue weighted by molar-refractivity contribution is 5.96. The van der Waals surface area contributed by atoms with Gasteiger partial charge in [-0.2, -0.15) is 13.2 Å². The van der Waals surface area contributed by atoms with E-state index in [1.54, 1.807) is 6.92 Å². The van der Waals surface area contributed by atoms with Crippen molar-refractivity contribution >= 4 is 17.8 Å². The topological polar surface area (TPSA) is 72.9 Å². The minimum Gasteiger partial charge on any atom is -0.466 e. The van der Waals surface area contributed by atoms with Crippen LogP contribution >= 0.6 is 0 Å². The number of benzene rings is 1. The maximum Gasteiger partial charge on any atom is 0.419 e. The van der Waals surface area contributed by atoms with Crippen LogP contribution in [0.3, 0.4) is 0 Å². The van der Waals surface area contributed by atoms with E-state index in [0.29, 0.717) is 12.5 Å². The molecular weight excluding hydrogens is 410 g/mol. The van der Waals surface area contributed by atoms with Crippen LogP contribution in [0.4, 0.5) is 22.4 Å². The summed E-state index contributed by atoms with van der Waals surface area (Å²) < 4.78 is 61.7. The third-order valence-corrected chi connectivity index (χ3v) is 5.01. The zero-order chi connectivity index (χ0) is 22.5. The van der Waals surface area contributed by atoms with Gasteiger partial charge in [-0.25, -0.2) is 9.18 Å². The molecule has 1 amide bonds. The fraction of sp³-hybridized carbons (Fsp3) is 0.550. The average molecular weight is 433 g/mol. The Kier molecular flexibility index (Phi) is 7.80. The molecule has 166 valence electrons. The van der Waals surface area contributed by atoms with Crippen molar-refractivity contribution in [3.63, 3.8) is 0 Å². The molecule has 10 heteroatoms. The highest BCUT2D eigenvalue weighted by Gasteiger charge is 2.37. The van der Waals surface area contributed by atoms with Crippen LogP contribution < -0.4 is 0 Å². The smallest absolute Gasteiger partial charge is 0.419 e. The van der Waals surface area contributed by atoms with Crippen molar-refractivity contribution in [2.24, 2.45) is 5.92 Å². The van der Waals surface area contributed by atoms with Crippen molar-refractivity contribution in [2.45, 2.75) is 44.8 Å². The molecule has 0 N–H and O–H groups in total. The summed E-state index contributed by atoms with van der Waals surface area (Å²) in [5.74, 6) is -2.91. The molecule has 0 spiro atoms. The van der Waals surface area contributed by atoms with Crippen LogP contribution in [-0.4, -0.2) is 49.0 Å². The monoisotopic (exact) mass is 433 g/mol. The molecule has 1 aromatic rings. The molecule has 2 atom stereocenters. The molecule has 1 aliphatic heterocycles. The number of esters is 1. The number of ether oxygens (including phenoxy) is 2. The third-order valence-electron chi connectivity index (χ3n) is 5.01. The molecule has 1 aliphatic rings. The van der Waals surface area contributed by atoms with Gasteiger partial charge in [0.1, 0.15) is 18.0 Å². The standard InChI is InChI=1S/C20H23F4NO5/c1-3-30-18(27)11-17(26)13-6-7-25(19(28)29-2)14(10-13)8-12-4-5-15(16(21)9-12)20(22,23)24/h4-5,9,13-14H,3,6-8,10-11H2,1-2H3/t13-,14-/m1/s1. The lowest BCUT2D eigenvalue weighted by molar-refractivity contribution is -0.147. The van der Waals surface area contributed by atoms with Gasteiger partial charge < -0.3 is 14.4 Å². The predicted molar refractivity (Wildman–Crippen MR) is 97.0 cm³/mol. The number of likely N-dealkylation sites (tertiary alicyclic amines) is 1.